The number of carbonyl (C=O) groups is 1. The molecule has 0 spiro atoms. The first-order valence-electron chi connectivity index (χ1n) is 10.9. The van der Waals surface area contributed by atoms with Gasteiger partial charge in [-0.15, -0.1) is 0 Å². The van der Waals surface area contributed by atoms with E-state index in [2.05, 4.69) is 5.32 Å². The van der Waals surface area contributed by atoms with Gasteiger partial charge in [0.1, 0.15) is 11.6 Å². The first-order chi connectivity index (χ1) is 15.8. The van der Waals surface area contributed by atoms with Crippen LogP contribution in [0.5, 0.6) is 5.75 Å². The minimum Gasteiger partial charge on any atom is -0.481 e. The van der Waals surface area contributed by atoms with E-state index in [0.29, 0.717) is 35.6 Å². The second-order valence-corrected chi connectivity index (χ2v) is 8.62. The average Bonchev–Trinajstić information content (AvgIpc) is 3.27. The van der Waals surface area contributed by atoms with Crippen molar-refractivity contribution in [3.8, 4) is 5.75 Å². The molecule has 170 valence electrons. The lowest BCUT2D eigenvalue weighted by molar-refractivity contribution is -0.138. The minimum atomic E-state index is -0.895. The number of benzene rings is 3. The molecular weight excluding hydrogens is 416 g/mol. The van der Waals surface area contributed by atoms with E-state index in [-0.39, 0.29) is 5.84 Å². The fourth-order valence-electron chi connectivity index (χ4n) is 4.32. The fraction of sp³-hybridized carbons (Fsp3) is 0.269. The summed E-state index contributed by atoms with van der Waals surface area (Å²) in [5.41, 5.74) is 7.67. The number of hydrogen-bond donors (Lipinski definition) is 5. The van der Waals surface area contributed by atoms with Gasteiger partial charge in [-0.2, -0.15) is 0 Å². The summed E-state index contributed by atoms with van der Waals surface area (Å²) in [4.78, 5) is 12.1. The van der Waals surface area contributed by atoms with E-state index in [9.17, 15) is 9.90 Å². The quantitative estimate of drug-likeness (QED) is 0.267. The van der Waals surface area contributed by atoms with Gasteiger partial charge in [0, 0.05) is 18.5 Å². The Hall–Kier alpha value is -3.71. The molecular formula is C26H28N4O3. The summed E-state index contributed by atoms with van der Waals surface area (Å²) in [5, 5.41) is 30.9. The molecule has 6 N–H and O–H groups in total. The number of hydrogen-bond acceptors (Lipinski definition) is 5. The SMILES string of the molecule is CC(=N)[C@]1(Oc2ccc(C(Cc3ccc4ccc(C(=N)N)cc4c3)C(=O)O)cc2)CCNC1. The third kappa shape index (κ3) is 4.73. The molecule has 7 nitrogen and oxygen atoms in total. The fourth-order valence-corrected chi connectivity index (χ4v) is 4.32. The molecule has 1 saturated heterocycles. The van der Waals surface area contributed by atoms with Gasteiger partial charge in [0.05, 0.1) is 11.6 Å². The predicted molar refractivity (Wildman–Crippen MR) is 130 cm³/mol. The molecule has 0 radical (unpaired) electrons. The van der Waals surface area contributed by atoms with E-state index >= 15 is 0 Å². The van der Waals surface area contributed by atoms with E-state index in [1.54, 1.807) is 37.3 Å². The second kappa shape index (κ2) is 9.03. The first kappa shape index (κ1) is 22.5. The van der Waals surface area contributed by atoms with Crippen molar-refractivity contribution in [2.45, 2.75) is 31.3 Å². The van der Waals surface area contributed by atoms with Crippen LogP contribution in [0.15, 0.2) is 60.7 Å². The van der Waals surface area contributed by atoms with Crippen LogP contribution in [0.2, 0.25) is 0 Å². The normalized spacial score (nSPS) is 18.7. The average molecular weight is 445 g/mol. The molecule has 0 aromatic heterocycles. The van der Waals surface area contributed by atoms with Gasteiger partial charge >= 0.3 is 5.97 Å². The van der Waals surface area contributed by atoms with Gasteiger partial charge in [0.15, 0.2) is 5.60 Å². The van der Waals surface area contributed by atoms with Crippen LogP contribution in [0.25, 0.3) is 10.8 Å². The highest BCUT2D eigenvalue weighted by atomic mass is 16.5. The Morgan fingerprint density at radius 2 is 1.85 bits per heavy atom. The number of nitrogen functional groups attached to an aromatic ring is 1. The number of carboxylic acids is 1. The molecule has 3 aromatic rings. The van der Waals surface area contributed by atoms with Crippen molar-refractivity contribution in [3.05, 3.63) is 77.4 Å². The van der Waals surface area contributed by atoms with E-state index in [0.717, 1.165) is 29.3 Å². The third-order valence-corrected chi connectivity index (χ3v) is 6.35. The van der Waals surface area contributed by atoms with Crippen molar-refractivity contribution in [3.63, 3.8) is 0 Å². The van der Waals surface area contributed by atoms with Gasteiger partial charge in [0.2, 0.25) is 0 Å². The van der Waals surface area contributed by atoms with Crippen molar-refractivity contribution in [2.75, 3.05) is 13.1 Å². The highest BCUT2D eigenvalue weighted by molar-refractivity contribution is 5.99. The number of nitrogens with two attached hydrogens (primary N) is 1. The number of amidine groups is 1. The number of carboxylic acid groups (broad SMARTS) is 1. The Balaban J connectivity index is 1.56. The summed E-state index contributed by atoms with van der Waals surface area (Å²) in [6, 6.07) is 18.6. The molecule has 0 aliphatic carbocycles. The van der Waals surface area contributed by atoms with Crippen LogP contribution in [0.3, 0.4) is 0 Å². The smallest absolute Gasteiger partial charge is 0.311 e. The maximum absolute atomic E-state index is 12.1. The van der Waals surface area contributed by atoms with Crippen LogP contribution in [-0.4, -0.2) is 41.3 Å². The number of ether oxygens (including phenoxy) is 1. The molecule has 1 fully saturated rings. The van der Waals surface area contributed by atoms with Crippen LogP contribution < -0.4 is 15.8 Å². The summed E-state index contributed by atoms with van der Waals surface area (Å²) >= 11 is 0. The van der Waals surface area contributed by atoms with Gasteiger partial charge in [-0.1, -0.05) is 42.5 Å². The van der Waals surface area contributed by atoms with Gasteiger partial charge in [0.25, 0.3) is 0 Å². The molecule has 2 atom stereocenters. The second-order valence-electron chi connectivity index (χ2n) is 8.62. The van der Waals surface area contributed by atoms with E-state index < -0.39 is 17.5 Å². The first-order valence-corrected chi connectivity index (χ1v) is 10.9. The molecule has 1 heterocycles. The summed E-state index contributed by atoms with van der Waals surface area (Å²) in [6.07, 6.45) is 1.07. The largest absolute Gasteiger partial charge is 0.481 e. The molecule has 3 aromatic carbocycles. The zero-order valence-corrected chi connectivity index (χ0v) is 18.5. The van der Waals surface area contributed by atoms with Crippen LogP contribution in [0, 0.1) is 10.8 Å². The van der Waals surface area contributed by atoms with Crippen molar-refractivity contribution >= 4 is 28.3 Å². The zero-order chi connectivity index (χ0) is 23.6. The van der Waals surface area contributed by atoms with Crippen molar-refractivity contribution < 1.29 is 14.6 Å². The highest BCUT2D eigenvalue weighted by Crippen LogP contribution is 2.29. The van der Waals surface area contributed by atoms with Crippen LogP contribution >= 0.6 is 0 Å². The molecule has 1 aliphatic rings. The Labute approximate surface area is 192 Å². The molecule has 33 heavy (non-hydrogen) atoms. The number of nitrogens with one attached hydrogen (secondary N) is 3. The molecule has 1 unspecified atom stereocenters. The maximum atomic E-state index is 12.1. The van der Waals surface area contributed by atoms with Gasteiger partial charge < -0.3 is 26.3 Å². The summed E-state index contributed by atoms with van der Waals surface area (Å²) in [7, 11) is 0. The molecule has 7 heteroatoms. The molecule has 0 bridgehead atoms. The summed E-state index contributed by atoms with van der Waals surface area (Å²) in [5.74, 6) is -0.978. The molecule has 0 saturated carbocycles. The Morgan fingerprint density at radius 3 is 2.45 bits per heavy atom. The van der Waals surface area contributed by atoms with E-state index in [1.165, 1.54) is 0 Å². The van der Waals surface area contributed by atoms with Crippen LogP contribution in [-0.2, 0) is 11.2 Å². The Bertz CT molecular complexity index is 1210. The lowest BCUT2D eigenvalue weighted by Gasteiger charge is -2.29. The minimum absolute atomic E-state index is 0.00130. The Morgan fingerprint density at radius 1 is 1.12 bits per heavy atom. The highest BCUT2D eigenvalue weighted by Gasteiger charge is 2.38. The maximum Gasteiger partial charge on any atom is 0.311 e. The van der Waals surface area contributed by atoms with E-state index in [1.807, 2.05) is 30.3 Å². The molecule has 1 aliphatic heterocycles. The third-order valence-electron chi connectivity index (χ3n) is 6.35. The Kier molecular flexibility index (Phi) is 6.16. The van der Waals surface area contributed by atoms with Gasteiger partial charge in [-0.05, 0) is 60.0 Å². The topological polar surface area (TPSA) is 132 Å². The number of rotatable bonds is 8. The summed E-state index contributed by atoms with van der Waals surface area (Å²) < 4.78 is 6.15. The van der Waals surface area contributed by atoms with Crippen molar-refractivity contribution in [1.82, 2.24) is 5.32 Å². The predicted octanol–water partition coefficient (Wildman–Crippen LogP) is 3.69. The van der Waals surface area contributed by atoms with Crippen molar-refractivity contribution in [2.24, 2.45) is 5.73 Å². The number of fused-ring (bicyclic) bond motifs is 1. The van der Waals surface area contributed by atoms with E-state index in [4.69, 9.17) is 21.3 Å². The monoisotopic (exact) mass is 444 g/mol. The standard InChI is InChI=1S/C26H28N4O3/c1-16(27)26(10-11-30-15-26)33-22-8-6-19(7-9-22)23(25(31)32)13-17-2-3-18-4-5-20(24(28)29)14-21(18)12-17/h2-9,12,14,23,27,30H,10-11,13,15H2,1H3,(H3,28,29)(H,31,32)/t23?,26-/m0/s1. The number of aliphatic carboxylic acids is 1. The lowest BCUT2D eigenvalue weighted by Crippen LogP contribution is -2.44. The van der Waals surface area contributed by atoms with Crippen molar-refractivity contribution in [1.29, 1.82) is 10.8 Å². The molecule has 4 rings (SSSR count). The van der Waals surface area contributed by atoms with Gasteiger partial charge in [-0.25, -0.2) is 0 Å². The van der Waals surface area contributed by atoms with Crippen LogP contribution in [0.1, 0.15) is 36.0 Å². The molecule has 0 amide bonds. The van der Waals surface area contributed by atoms with Gasteiger partial charge in [-0.3, -0.25) is 10.2 Å². The zero-order valence-electron chi connectivity index (χ0n) is 18.5. The summed E-state index contributed by atoms with van der Waals surface area (Å²) in [6.45, 7) is 3.15. The van der Waals surface area contributed by atoms with Crippen LogP contribution in [0.4, 0.5) is 0 Å². The lowest BCUT2D eigenvalue weighted by atomic mass is 9.91.